The Morgan fingerprint density at radius 3 is 2.59 bits per heavy atom. The van der Waals surface area contributed by atoms with Gasteiger partial charge in [-0.25, -0.2) is 8.42 Å². The van der Waals surface area contributed by atoms with Crippen LogP contribution in [0.3, 0.4) is 0 Å². The number of methoxy groups -OCH3 is 1. The molecule has 8 heteroatoms. The van der Waals surface area contributed by atoms with E-state index in [9.17, 15) is 13.2 Å². The third kappa shape index (κ3) is 5.35. The van der Waals surface area contributed by atoms with E-state index in [4.69, 9.17) is 4.74 Å². The van der Waals surface area contributed by atoms with Gasteiger partial charge in [-0.3, -0.25) is 9.52 Å². The van der Waals surface area contributed by atoms with Crippen LogP contribution in [0.4, 0.5) is 5.69 Å². The second-order valence-electron chi connectivity index (χ2n) is 6.76. The van der Waals surface area contributed by atoms with E-state index >= 15 is 0 Å². The molecule has 0 radical (unpaired) electrons. The lowest BCUT2D eigenvalue weighted by Gasteiger charge is -2.24. The molecule has 2 rings (SSSR count). The molecule has 7 nitrogen and oxygen atoms in total. The molecular weight excluding hydrogens is 366 g/mol. The maximum Gasteiger partial charge on any atom is 0.255 e. The fraction of sp³-hybridized carbons (Fsp3) is 0.632. The summed E-state index contributed by atoms with van der Waals surface area (Å²) in [6, 6.07) is 3.59. The standard InChI is InChI=1S/C19H31N3O4S/c1-5-13-11-18(26-4)14(12-17(13)22-27(24,25)7-3)19(23)21-15(6-2)16-9-8-10-20-16/h11-12,15-16,20,22H,5-10H2,1-4H3,(H,21,23). The highest BCUT2D eigenvalue weighted by Gasteiger charge is 2.26. The number of hydrogen-bond donors (Lipinski definition) is 3. The first-order valence-corrected chi connectivity index (χ1v) is 11.3. The van der Waals surface area contributed by atoms with Crippen molar-refractivity contribution in [2.24, 2.45) is 0 Å². The van der Waals surface area contributed by atoms with Gasteiger partial charge in [-0.15, -0.1) is 0 Å². The Kier molecular flexibility index (Phi) is 7.49. The summed E-state index contributed by atoms with van der Waals surface area (Å²) in [6.45, 7) is 6.51. The molecule has 2 unspecified atom stereocenters. The summed E-state index contributed by atoms with van der Waals surface area (Å²) in [5.41, 5.74) is 1.54. The molecular formula is C19H31N3O4S. The van der Waals surface area contributed by atoms with E-state index in [1.807, 2.05) is 13.8 Å². The van der Waals surface area contributed by atoms with Crippen molar-refractivity contribution in [3.63, 3.8) is 0 Å². The highest BCUT2D eigenvalue weighted by molar-refractivity contribution is 7.92. The van der Waals surface area contributed by atoms with Crippen molar-refractivity contribution in [3.8, 4) is 5.75 Å². The van der Waals surface area contributed by atoms with Crippen LogP contribution >= 0.6 is 0 Å². The Balaban J connectivity index is 2.33. The van der Waals surface area contributed by atoms with Gasteiger partial charge in [0.2, 0.25) is 10.0 Å². The van der Waals surface area contributed by atoms with Crippen LogP contribution in [0.25, 0.3) is 0 Å². The normalized spacial score (nSPS) is 18.1. The minimum absolute atomic E-state index is 0.0198. The SMILES string of the molecule is CCc1cc(OC)c(C(=O)NC(CC)C2CCCN2)cc1NS(=O)(=O)CC. The Hall–Kier alpha value is -1.80. The van der Waals surface area contributed by atoms with E-state index in [0.29, 0.717) is 23.4 Å². The second kappa shape index (κ2) is 9.41. The Morgan fingerprint density at radius 2 is 2.07 bits per heavy atom. The number of aryl methyl sites for hydroxylation is 1. The van der Waals surface area contributed by atoms with Crippen molar-refractivity contribution in [2.45, 2.75) is 58.5 Å². The van der Waals surface area contributed by atoms with Crippen LogP contribution < -0.4 is 20.1 Å². The van der Waals surface area contributed by atoms with Gasteiger partial charge >= 0.3 is 0 Å². The van der Waals surface area contributed by atoms with Crippen LogP contribution in [0, 0.1) is 0 Å². The largest absolute Gasteiger partial charge is 0.496 e. The minimum atomic E-state index is -3.44. The van der Waals surface area contributed by atoms with Crippen LogP contribution in [0.5, 0.6) is 5.75 Å². The zero-order chi connectivity index (χ0) is 20.0. The fourth-order valence-electron chi connectivity index (χ4n) is 3.38. The molecule has 1 amide bonds. The van der Waals surface area contributed by atoms with Crippen molar-refractivity contribution in [1.82, 2.24) is 10.6 Å². The first-order valence-electron chi connectivity index (χ1n) is 9.60. The van der Waals surface area contributed by atoms with Gasteiger partial charge in [-0.1, -0.05) is 13.8 Å². The fourth-order valence-corrected chi connectivity index (χ4v) is 4.05. The van der Waals surface area contributed by atoms with Gasteiger partial charge in [0, 0.05) is 12.1 Å². The van der Waals surface area contributed by atoms with Crippen LogP contribution in [-0.2, 0) is 16.4 Å². The van der Waals surface area contributed by atoms with Gasteiger partial charge in [0.1, 0.15) is 5.75 Å². The highest BCUT2D eigenvalue weighted by atomic mass is 32.2. The predicted octanol–water partition coefficient (Wildman–Crippen LogP) is 2.28. The quantitative estimate of drug-likeness (QED) is 0.594. The molecule has 0 spiro atoms. The molecule has 0 bridgehead atoms. The third-order valence-corrected chi connectivity index (χ3v) is 6.33. The number of anilines is 1. The van der Waals surface area contributed by atoms with Crippen molar-refractivity contribution < 1.29 is 17.9 Å². The number of benzene rings is 1. The van der Waals surface area contributed by atoms with Crippen LogP contribution in [0.1, 0.15) is 56.0 Å². The molecule has 1 heterocycles. The zero-order valence-corrected chi connectivity index (χ0v) is 17.4. The summed E-state index contributed by atoms with van der Waals surface area (Å²) in [5, 5.41) is 6.51. The van der Waals surface area contributed by atoms with Crippen molar-refractivity contribution in [1.29, 1.82) is 0 Å². The molecule has 1 aliphatic rings. The monoisotopic (exact) mass is 397 g/mol. The average molecular weight is 398 g/mol. The summed E-state index contributed by atoms with van der Waals surface area (Å²) < 4.78 is 32.0. The average Bonchev–Trinajstić information content (AvgIpc) is 3.19. The van der Waals surface area contributed by atoms with E-state index in [2.05, 4.69) is 15.4 Å². The molecule has 0 aliphatic carbocycles. The lowest BCUT2D eigenvalue weighted by atomic mass is 10.0. The van der Waals surface area contributed by atoms with Crippen molar-refractivity contribution in [3.05, 3.63) is 23.3 Å². The first-order chi connectivity index (χ1) is 12.8. The van der Waals surface area contributed by atoms with E-state index in [1.165, 1.54) is 7.11 Å². The molecule has 0 saturated carbocycles. The number of rotatable bonds is 9. The molecule has 1 aromatic rings. The lowest BCUT2D eigenvalue weighted by molar-refractivity contribution is 0.0924. The van der Waals surface area contributed by atoms with Gasteiger partial charge in [0.25, 0.3) is 5.91 Å². The molecule has 152 valence electrons. The van der Waals surface area contributed by atoms with Gasteiger partial charge in [-0.2, -0.15) is 0 Å². The maximum atomic E-state index is 12.9. The molecule has 1 saturated heterocycles. The molecule has 27 heavy (non-hydrogen) atoms. The summed E-state index contributed by atoms with van der Waals surface area (Å²) in [6.07, 6.45) is 3.57. The van der Waals surface area contributed by atoms with E-state index < -0.39 is 10.0 Å². The Bertz CT molecular complexity index is 758. The summed E-state index contributed by atoms with van der Waals surface area (Å²) in [5.74, 6) is 0.152. The van der Waals surface area contributed by atoms with E-state index in [-0.39, 0.29) is 23.7 Å². The van der Waals surface area contributed by atoms with Crippen LogP contribution in [0.2, 0.25) is 0 Å². The third-order valence-electron chi connectivity index (χ3n) is 5.04. The Morgan fingerprint density at radius 1 is 1.33 bits per heavy atom. The van der Waals surface area contributed by atoms with Gasteiger partial charge in [0.15, 0.2) is 0 Å². The molecule has 0 aromatic heterocycles. The maximum absolute atomic E-state index is 12.9. The number of hydrogen-bond acceptors (Lipinski definition) is 5. The molecule has 1 aliphatic heterocycles. The predicted molar refractivity (Wildman–Crippen MR) is 108 cm³/mol. The highest BCUT2D eigenvalue weighted by Crippen LogP contribution is 2.29. The van der Waals surface area contributed by atoms with E-state index in [1.54, 1.807) is 19.1 Å². The minimum Gasteiger partial charge on any atom is -0.496 e. The summed E-state index contributed by atoms with van der Waals surface area (Å²) in [4.78, 5) is 12.9. The number of ether oxygens (including phenoxy) is 1. The summed E-state index contributed by atoms with van der Waals surface area (Å²) in [7, 11) is -1.93. The number of sulfonamides is 1. The second-order valence-corrected chi connectivity index (χ2v) is 8.77. The lowest BCUT2D eigenvalue weighted by Crippen LogP contribution is -2.47. The molecule has 2 atom stereocenters. The molecule has 1 aromatic carbocycles. The summed E-state index contributed by atoms with van der Waals surface area (Å²) >= 11 is 0. The molecule has 1 fully saturated rings. The van der Waals surface area contributed by atoms with Gasteiger partial charge in [-0.05, 0) is 56.8 Å². The van der Waals surface area contributed by atoms with Gasteiger partial charge in [0.05, 0.1) is 24.1 Å². The molecule has 3 N–H and O–H groups in total. The van der Waals surface area contributed by atoms with Crippen LogP contribution in [-0.4, -0.2) is 45.8 Å². The number of carbonyl (C=O) groups excluding carboxylic acids is 1. The first kappa shape index (κ1) is 21.5. The van der Waals surface area contributed by atoms with Gasteiger partial charge < -0.3 is 15.4 Å². The smallest absolute Gasteiger partial charge is 0.255 e. The zero-order valence-electron chi connectivity index (χ0n) is 16.6. The van der Waals surface area contributed by atoms with Crippen molar-refractivity contribution >= 4 is 21.6 Å². The number of nitrogens with one attached hydrogen (secondary N) is 3. The number of amides is 1. The number of carbonyl (C=O) groups is 1. The van der Waals surface area contributed by atoms with Crippen LogP contribution in [0.15, 0.2) is 12.1 Å². The topological polar surface area (TPSA) is 96.5 Å². The van der Waals surface area contributed by atoms with Crippen molar-refractivity contribution in [2.75, 3.05) is 24.1 Å². The van der Waals surface area contributed by atoms with E-state index in [0.717, 1.165) is 31.4 Å². The Labute approximate surface area is 162 Å².